The Balaban J connectivity index is 1.69. The van der Waals surface area contributed by atoms with Crippen molar-refractivity contribution in [1.82, 2.24) is 29.7 Å². The molecule has 4 aromatic rings. The second-order valence-corrected chi connectivity index (χ2v) is 5.16. The Labute approximate surface area is 132 Å². The number of benzene rings is 1. The molecule has 0 aliphatic heterocycles. The maximum Gasteiger partial charge on any atom is 0.182 e. The number of rotatable bonds is 5. The van der Waals surface area contributed by atoms with Gasteiger partial charge in [-0.15, -0.1) is 0 Å². The first-order valence-electron chi connectivity index (χ1n) is 7.33. The highest BCUT2D eigenvalue weighted by Crippen LogP contribution is 2.23. The van der Waals surface area contributed by atoms with Crippen LogP contribution in [0.2, 0.25) is 0 Å². The van der Waals surface area contributed by atoms with Crippen molar-refractivity contribution >= 4 is 17.0 Å². The zero-order chi connectivity index (χ0) is 15.5. The molecular weight excluding hydrogens is 290 g/mol. The molecular formula is C16H15N7. The predicted molar refractivity (Wildman–Crippen MR) is 86.7 cm³/mol. The van der Waals surface area contributed by atoms with E-state index in [1.807, 2.05) is 35.1 Å². The third kappa shape index (κ3) is 2.76. The molecule has 4 rings (SSSR count). The summed E-state index contributed by atoms with van der Waals surface area (Å²) in [6, 6.07) is 12.2. The third-order valence-electron chi connectivity index (χ3n) is 3.66. The summed E-state index contributed by atoms with van der Waals surface area (Å²) in [5.74, 6) is 0.730. The Bertz CT molecular complexity index is 883. The summed E-state index contributed by atoms with van der Waals surface area (Å²) in [6.07, 6.45) is 6.86. The molecule has 1 aromatic carbocycles. The van der Waals surface area contributed by atoms with Crippen molar-refractivity contribution in [1.29, 1.82) is 0 Å². The predicted octanol–water partition coefficient (Wildman–Crippen LogP) is 2.40. The lowest BCUT2D eigenvalue weighted by Crippen LogP contribution is -2.18. The molecule has 7 nitrogen and oxygen atoms in total. The SMILES string of the molecule is c1ccc([C@H](Cn2cccn2)Nc2ncnc3nc[nH]c23)cc1. The molecule has 0 spiro atoms. The van der Waals surface area contributed by atoms with Crippen molar-refractivity contribution < 1.29 is 0 Å². The van der Waals surface area contributed by atoms with Crippen LogP contribution in [0.3, 0.4) is 0 Å². The van der Waals surface area contributed by atoms with Crippen LogP contribution in [0.15, 0.2) is 61.4 Å². The monoisotopic (exact) mass is 305 g/mol. The largest absolute Gasteiger partial charge is 0.359 e. The van der Waals surface area contributed by atoms with E-state index in [4.69, 9.17) is 0 Å². The van der Waals surface area contributed by atoms with E-state index in [1.54, 1.807) is 12.5 Å². The quantitative estimate of drug-likeness (QED) is 0.591. The van der Waals surface area contributed by atoms with Gasteiger partial charge in [0.25, 0.3) is 0 Å². The van der Waals surface area contributed by atoms with Gasteiger partial charge in [-0.3, -0.25) is 4.68 Å². The minimum absolute atomic E-state index is 0.0255. The van der Waals surface area contributed by atoms with E-state index in [2.05, 4.69) is 42.5 Å². The lowest BCUT2D eigenvalue weighted by Gasteiger charge is -2.20. The Kier molecular flexibility index (Phi) is 3.44. The highest BCUT2D eigenvalue weighted by atomic mass is 15.3. The maximum absolute atomic E-state index is 4.35. The number of nitrogens with zero attached hydrogens (tertiary/aromatic N) is 5. The first-order chi connectivity index (χ1) is 11.4. The fourth-order valence-electron chi connectivity index (χ4n) is 2.55. The topological polar surface area (TPSA) is 84.3 Å². The molecule has 0 unspecified atom stereocenters. The summed E-state index contributed by atoms with van der Waals surface area (Å²) in [5, 5.41) is 7.78. The van der Waals surface area contributed by atoms with Crippen LogP contribution in [0, 0.1) is 0 Å². The average molecular weight is 305 g/mol. The van der Waals surface area contributed by atoms with Crippen molar-refractivity contribution in [3.63, 3.8) is 0 Å². The number of hydrogen-bond donors (Lipinski definition) is 2. The number of aromatic amines is 1. The Morgan fingerprint density at radius 1 is 1.09 bits per heavy atom. The molecule has 3 aromatic heterocycles. The van der Waals surface area contributed by atoms with Gasteiger partial charge < -0.3 is 10.3 Å². The highest BCUT2D eigenvalue weighted by molar-refractivity contribution is 5.82. The zero-order valence-corrected chi connectivity index (χ0v) is 12.3. The van der Waals surface area contributed by atoms with Crippen LogP contribution < -0.4 is 5.32 Å². The van der Waals surface area contributed by atoms with Crippen molar-refractivity contribution in [2.24, 2.45) is 0 Å². The molecule has 2 N–H and O–H groups in total. The molecule has 0 radical (unpaired) electrons. The van der Waals surface area contributed by atoms with Gasteiger partial charge in [0.15, 0.2) is 11.5 Å². The first-order valence-corrected chi connectivity index (χ1v) is 7.33. The summed E-state index contributed by atoms with van der Waals surface area (Å²) in [4.78, 5) is 15.8. The summed E-state index contributed by atoms with van der Waals surface area (Å²) in [5.41, 5.74) is 2.61. The molecule has 114 valence electrons. The lowest BCUT2D eigenvalue weighted by molar-refractivity contribution is 0.550. The van der Waals surface area contributed by atoms with Crippen molar-refractivity contribution in [2.45, 2.75) is 12.6 Å². The number of hydrogen-bond acceptors (Lipinski definition) is 5. The van der Waals surface area contributed by atoms with E-state index in [0.29, 0.717) is 12.2 Å². The van der Waals surface area contributed by atoms with Crippen LogP contribution in [0.1, 0.15) is 11.6 Å². The van der Waals surface area contributed by atoms with E-state index in [1.165, 1.54) is 6.33 Å². The highest BCUT2D eigenvalue weighted by Gasteiger charge is 2.15. The van der Waals surface area contributed by atoms with Gasteiger partial charge in [0.05, 0.1) is 18.9 Å². The number of fused-ring (bicyclic) bond motifs is 1. The van der Waals surface area contributed by atoms with E-state index >= 15 is 0 Å². The summed E-state index contributed by atoms with van der Waals surface area (Å²) >= 11 is 0. The van der Waals surface area contributed by atoms with E-state index < -0.39 is 0 Å². The number of H-pyrrole nitrogens is 1. The minimum Gasteiger partial charge on any atom is -0.359 e. The average Bonchev–Trinajstić information content (AvgIpc) is 3.27. The fraction of sp³-hybridized carbons (Fsp3) is 0.125. The molecule has 23 heavy (non-hydrogen) atoms. The molecule has 0 aliphatic rings. The molecule has 0 saturated heterocycles. The van der Waals surface area contributed by atoms with Gasteiger partial charge in [0.2, 0.25) is 0 Å². The van der Waals surface area contributed by atoms with Crippen LogP contribution in [0.5, 0.6) is 0 Å². The van der Waals surface area contributed by atoms with Crippen LogP contribution in [0.25, 0.3) is 11.2 Å². The number of anilines is 1. The van der Waals surface area contributed by atoms with Gasteiger partial charge in [0.1, 0.15) is 11.8 Å². The Morgan fingerprint density at radius 2 is 2.00 bits per heavy atom. The van der Waals surface area contributed by atoms with Gasteiger partial charge in [-0.25, -0.2) is 15.0 Å². The molecule has 7 heteroatoms. The number of imidazole rings is 1. The van der Waals surface area contributed by atoms with Crippen LogP contribution in [0.4, 0.5) is 5.82 Å². The minimum atomic E-state index is 0.0255. The van der Waals surface area contributed by atoms with E-state index in [0.717, 1.165) is 16.9 Å². The molecule has 0 saturated carbocycles. The van der Waals surface area contributed by atoms with Crippen molar-refractivity contribution in [2.75, 3.05) is 5.32 Å². The molecule has 3 heterocycles. The van der Waals surface area contributed by atoms with Crippen LogP contribution in [-0.2, 0) is 6.54 Å². The van der Waals surface area contributed by atoms with Gasteiger partial charge in [-0.2, -0.15) is 5.10 Å². The lowest BCUT2D eigenvalue weighted by atomic mass is 10.1. The van der Waals surface area contributed by atoms with Crippen molar-refractivity contribution in [3.05, 3.63) is 67.0 Å². The number of nitrogens with one attached hydrogen (secondary N) is 2. The van der Waals surface area contributed by atoms with Gasteiger partial charge >= 0.3 is 0 Å². The summed E-state index contributed by atoms with van der Waals surface area (Å²) < 4.78 is 1.90. The zero-order valence-electron chi connectivity index (χ0n) is 12.3. The van der Waals surface area contributed by atoms with Gasteiger partial charge in [0, 0.05) is 12.4 Å². The van der Waals surface area contributed by atoms with E-state index in [-0.39, 0.29) is 6.04 Å². The summed E-state index contributed by atoms with van der Waals surface area (Å²) in [6.45, 7) is 0.691. The van der Waals surface area contributed by atoms with Gasteiger partial charge in [-0.1, -0.05) is 30.3 Å². The molecule has 0 aliphatic carbocycles. The maximum atomic E-state index is 4.35. The van der Waals surface area contributed by atoms with Gasteiger partial charge in [-0.05, 0) is 11.6 Å². The normalized spacial score (nSPS) is 12.3. The molecule has 0 fully saturated rings. The third-order valence-corrected chi connectivity index (χ3v) is 3.66. The molecule has 0 bridgehead atoms. The Hall–Kier alpha value is -3.22. The van der Waals surface area contributed by atoms with E-state index in [9.17, 15) is 0 Å². The first kappa shape index (κ1) is 13.4. The van der Waals surface area contributed by atoms with Crippen LogP contribution in [-0.4, -0.2) is 29.7 Å². The standard InChI is InChI=1S/C16H15N7/c1-2-5-12(6-3-1)13(9-23-8-4-7-21-23)22-16-14-15(18-10-17-14)19-11-20-16/h1-8,10-11,13H,9H2,(H2,17,18,19,20,22)/t13-/m0/s1. The number of aromatic nitrogens is 6. The fourth-order valence-corrected chi connectivity index (χ4v) is 2.55. The smallest absolute Gasteiger partial charge is 0.182 e. The van der Waals surface area contributed by atoms with Crippen LogP contribution >= 0.6 is 0 Å². The summed E-state index contributed by atoms with van der Waals surface area (Å²) in [7, 11) is 0. The van der Waals surface area contributed by atoms with Crippen molar-refractivity contribution in [3.8, 4) is 0 Å². The Morgan fingerprint density at radius 3 is 2.83 bits per heavy atom. The second kappa shape index (κ2) is 5.88. The molecule has 1 atom stereocenters. The molecule has 0 amide bonds. The second-order valence-electron chi connectivity index (χ2n) is 5.16.